The fourth-order valence-electron chi connectivity index (χ4n) is 4.16. The van der Waals surface area contributed by atoms with Crippen molar-refractivity contribution in [1.82, 2.24) is 14.9 Å². The first-order valence-electron chi connectivity index (χ1n) is 11.2. The summed E-state index contributed by atoms with van der Waals surface area (Å²) in [6, 6.07) is 16.1. The summed E-state index contributed by atoms with van der Waals surface area (Å²) in [5, 5.41) is 14.9. The van der Waals surface area contributed by atoms with Gasteiger partial charge in [-0.15, -0.1) is 11.3 Å². The van der Waals surface area contributed by atoms with Gasteiger partial charge in [-0.3, -0.25) is 14.4 Å². The molecule has 2 aromatic heterocycles. The van der Waals surface area contributed by atoms with Crippen LogP contribution in [0.15, 0.2) is 59.7 Å². The molecule has 5 rings (SSSR count). The van der Waals surface area contributed by atoms with E-state index >= 15 is 0 Å². The van der Waals surface area contributed by atoms with Crippen LogP contribution in [-0.4, -0.2) is 33.3 Å². The zero-order valence-corrected chi connectivity index (χ0v) is 20.1. The second kappa shape index (κ2) is 9.79. The average Bonchev–Trinajstić information content (AvgIpc) is 3.52. The molecule has 1 amide bonds. The van der Waals surface area contributed by atoms with E-state index in [0.29, 0.717) is 34.8 Å². The number of benzene rings is 2. The van der Waals surface area contributed by atoms with Gasteiger partial charge in [0.05, 0.1) is 10.6 Å². The molecule has 0 saturated heterocycles. The van der Waals surface area contributed by atoms with E-state index in [1.165, 1.54) is 22.3 Å². The Labute approximate surface area is 206 Å². The lowest BCUT2D eigenvalue weighted by atomic mass is 10.1. The molecule has 0 atom stereocenters. The first kappa shape index (κ1) is 22.3. The number of amides is 1. The standard InChI is InChI=1S/C26H24N4O2S2/c31-24(27-12-11-17-15-28-21-8-3-1-6-19(17)21)10-5-13-30-25(32)23(34-26(30)33)14-18-16-29-22-9-4-2-7-20(18)22/h1-4,6-9,14-16,28,32H,5,10-13H2,(H,27,31)/b18-14+. The van der Waals surface area contributed by atoms with Gasteiger partial charge in [-0.25, -0.2) is 0 Å². The van der Waals surface area contributed by atoms with Crippen LogP contribution >= 0.6 is 23.6 Å². The summed E-state index contributed by atoms with van der Waals surface area (Å²) in [5.41, 5.74) is 5.21. The molecule has 3 heterocycles. The Kier molecular flexibility index (Phi) is 6.42. The summed E-state index contributed by atoms with van der Waals surface area (Å²) >= 11 is 6.83. The summed E-state index contributed by atoms with van der Waals surface area (Å²) in [7, 11) is 0. The number of nitrogens with zero attached hydrogens (tertiary/aromatic N) is 2. The van der Waals surface area contributed by atoms with E-state index < -0.39 is 0 Å². The quantitative estimate of drug-likeness (QED) is 0.272. The molecule has 0 fully saturated rings. The van der Waals surface area contributed by atoms with Gasteiger partial charge in [0.25, 0.3) is 0 Å². The fraction of sp³-hybridized carbons (Fsp3) is 0.192. The first-order chi connectivity index (χ1) is 16.6. The molecule has 6 nitrogen and oxygen atoms in total. The molecule has 3 N–H and O–H groups in total. The number of carbonyl (C=O) groups excluding carboxylic acids is 1. The second-order valence-electron chi connectivity index (χ2n) is 8.15. The van der Waals surface area contributed by atoms with Gasteiger partial charge < -0.3 is 15.4 Å². The van der Waals surface area contributed by atoms with Crippen LogP contribution in [0, 0.1) is 3.95 Å². The van der Waals surface area contributed by atoms with Crippen molar-refractivity contribution in [3.05, 3.63) is 74.7 Å². The Balaban J connectivity index is 1.14. The number of aliphatic imine (C=N–C) groups is 1. The van der Waals surface area contributed by atoms with Crippen molar-refractivity contribution in [2.75, 3.05) is 6.54 Å². The van der Waals surface area contributed by atoms with Crippen LogP contribution in [-0.2, 0) is 17.8 Å². The van der Waals surface area contributed by atoms with Crippen molar-refractivity contribution >= 4 is 63.9 Å². The van der Waals surface area contributed by atoms with Gasteiger partial charge in [0.2, 0.25) is 11.8 Å². The zero-order valence-electron chi connectivity index (χ0n) is 18.5. The minimum absolute atomic E-state index is 0.00203. The number of carbonyl (C=O) groups is 1. The summed E-state index contributed by atoms with van der Waals surface area (Å²) in [5.74, 6) is 0.141. The largest absolute Gasteiger partial charge is 0.493 e. The smallest absolute Gasteiger partial charge is 0.220 e. The van der Waals surface area contributed by atoms with E-state index in [9.17, 15) is 9.90 Å². The van der Waals surface area contributed by atoms with Crippen molar-refractivity contribution in [2.24, 2.45) is 4.99 Å². The van der Waals surface area contributed by atoms with Crippen molar-refractivity contribution in [3.63, 3.8) is 0 Å². The number of fused-ring (bicyclic) bond motifs is 2. The maximum Gasteiger partial charge on any atom is 0.220 e. The maximum absolute atomic E-state index is 12.3. The first-order valence-corrected chi connectivity index (χ1v) is 12.4. The van der Waals surface area contributed by atoms with Gasteiger partial charge >= 0.3 is 0 Å². The van der Waals surface area contributed by atoms with Gasteiger partial charge in [-0.2, -0.15) is 0 Å². The van der Waals surface area contributed by atoms with E-state index in [-0.39, 0.29) is 11.8 Å². The molecule has 172 valence electrons. The molecule has 0 spiro atoms. The molecule has 4 aromatic rings. The van der Waals surface area contributed by atoms with E-state index in [1.807, 2.05) is 54.7 Å². The van der Waals surface area contributed by atoms with Crippen molar-refractivity contribution in [2.45, 2.75) is 25.8 Å². The highest BCUT2D eigenvalue weighted by atomic mass is 32.1. The van der Waals surface area contributed by atoms with E-state index in [0.717, 1.165) is 28.8 Å². The van der Waals surface area contributed by atoms with Crippen LogP contribution in [0.4, 0.5) is 5.69 Å². The maximum atomic E-state index is 12.3. The van der Waals surface area contributed by atoms with Crippen LogP contribution in [0.3, 0.4) is 0 Å². The molecule has 0 radical (unpaired) electrons. The zero-order chi connectivity index (χ0) is 23.5. The lowest BCUT2D eigenvalue weighted by molar-refractivity contribution is -0.121. The van der Waals surface area contributed by atoms with E-state index in [4.69, 9.17) is 12.2 Å². The molecule has 0 aliphatic carbocycles. The van der Waals surface area contributed by atoms with Gasteiger partial charge in [-0.05, 0) is 48.8 Å². The number of aromatic nitrogens is 2. The van der Waals surface area contributed by atoms with Crippen LogP contribution in [0.2, 0.25) is 0 Å². The Morgan fingerprint density at radius 3 is 2.94 bits per heavy atom. The Morgan fingerprint density at radius 1 is 1.21 bits per heavy atom. The third-order valence-electron chi connectivity index (χ3n) is 5.92. The Morgan fingerprint density at radius 2 is 2.03 bits per heavy atom. The van der Waals surface area contributed by atoms with Gasteiger partial charge in [-0.1, -0.05) is 36.4 Å². The van der Waals surface area contributed by atoms with Crippen molar-refractivity contribution < 1.29 is 9.90 Å². The number of aromatic amines is 1. The molecule has 2 aromatic carbocycles. The lowest BCUT2D eigenvalue weighted by Gasteiger charge is -2.07. The van der Waals surface area contributed by atoms with Gasteiger partial charge in [0.15, 0.2) is 3.95 Å². The normalized spacial score (nSPS) is 13.6. The highest BCUT2D eigenvalue weighted by molar-refractivity contribution is 7.73. The molecule has 1 aliphatic heterocycles. The minimum atomic E-state index is 0.00203. The third kappa shape index (κ3) is 4.60. The molecule has 1 aliphatic rings. The van der Waals surface area contributed by atoms with Crippen LogP contribution in [0.5, 0.6) is 5.88 Å². The third-order valence-corrected chi connectivity index (χ3v) is 7.30. The summed E-state index contributed by atoms with van der Waals surface area (Å²) in [4.78, 5) is 20.7. The molecule has 0 bridgehead atoms. The van der Waals surface area contributed by atoms with Crippen LogP contribution in [0.1, 0.15) is 28.8 Å². The average molecular weight is 489 g/mol. The molecular weight excluding hydrogens is 464 g/mol. The Hall–Kier alpha value is -3.49. The lowest BCUT2D eigenvalue weighted by Crippen LogP contribution is -2.25. The predicted octanol–water partition coefficient (Wildman–Crippen LogP) is 5.86. The topological polar surface area (TPSA) is 82.4 Å². The van der Waals surface area contributed by atoms with Crippen LogP contribution in [0.25, 0.3) is 22.6 Å². The number of allylic oxidation sites excluding steroid dienone is 1. The number of hydrogen-bond donors (Lipinski definition) is 3. The number of aromatic hydroxyl groups is 1. The molecular formula is C26H24N4O2S2. The van der Waals surface area contributed by atoms with E-state index in [1.54, 1.807) is 10.8 Å². The van der Waals surface area contributed by atoms with Gasteiger partial charge in [0.1, 0.15) is 0 Å². The monoisotopic (exact) mass is 488 g/mol. The number of nitrogens with one attached hydrogen (secondary N) is 2. The van der Waals surface area contributed by atoms with Crippen molar-refractivity contribution in [1.29, 1.82) is 0 Å². The van der Waals surface area contributed by atoms with Crippen molar-refractivity contribution in [3.8, 4) is 5.88 Å². The molecule has 8 heteroatoms. The number of hydrogen-bond acceptors (Lipinski definition) is 5. The number of H-pyrrole nitrogens is 1. The Bertz CT molecular complexity index is 1480. The molecule has 0 saturated carbocycles. The fourth-order valence-corrected chi connectivity index (χ4v) is 5.47. The molecule has 0 unspecified atom stereocenters. The van der Waals surface area contributed by atoms with Gasteiger partial charge in [0, 0.05) is 54.0 Å². The highest BCUT2D eigenvalue weighted by Gasteiger charge is 2.15. The van der Waals surface area contributed by atoms with Crippen LogP contribution < -0.4 is 5.32 Å². The number of rotatable bonds is 8. The summed E-state index contributed by atoms with van der Waals surface area (Å²) in [6.45, 7) is 1.08. The second-order valence-corrected chi connectivity index (χ2v) is 9.82. The minimum Gasteiger partial charge on any atom is -0.493 e. The van der Waals surface area contributed by atoms with E-state index in [2.05, 4.69) is 21.4 Å². The SMILES string of the molecule is O=C(CCCn1c(O)c(/C=C2\C=Nc3ccccc32)sc1=S)NCCc1c[nH]c2ccccc12. The highest BCUT2D eigenvalue weighted by Crippen LogP contribution is 2.35. The predicted molar refractivity (Wildman–Crippen MR) is 142 cm³/mol. The number of thiazole rings is 1. The molecule has 34 heavy (non-hydrogen) atoms. The number of para-hydroxylation sites is 2. The summed E-state index contributed by atoms with van der Waals surface area (Å²) in [6.07, 6.45) is 7.47. The summed E-state index contributed by atoms with van der Waals surface area (Å²) < 4.78 is 2.29.